The van der Waals surface area contributed by atoms with Crippen molar-refractivity contribution in [1.82, 2.24) is 15.1 Å². The fourth-order valence-corrected chi connectivity index (χ4v) is 1.84. The van der Waals surface area contributed by atoms with Crippen molar-refractivity contribution in [3.05, 3.63) is 18.5 Å². The lowest BCUT2D eigenvalue weighted by Gasteiger charge is -2.19. The van der Waals surface area contributed by atoms with E-state index in [2.05, 4.69) is 31.2 Å². The number of aryl methyl sites for hydroxylation is 1. The lowest BCUT2D eigenvalue weighted by atomic mass is 10.1. The third-order valence-corrected chi connectivity index (χ3v) is 2.64. The van der Waals surface area contributed by atoms with E-state index in [0.29, 0.717) is 12.1 Å². The van der Waals surface area contributed by atoms with Crippen LogP contribution in [0.1, 0.15) is 40.0 Å². The summed E-state index contributed by atoms with van der Waals surface area (Å²) in [4.78, 5) is 0. The monoisotopic (exact) mass is 209 g/mol. The second-order valence-electron chi connectivity index (χ2n) is 4.32. The molecule has 1 rings (SSSR count). The van der Waals surface area contributed by atoms with Crippen molar-refractivity contribution in [3.8, 4) is 0 Å². The molecule has 0 spiro atoms. The SMILES string of the molecule is CCCC(C)NC(C)CCn1cccn1. The minimum absolute atomic E-state index is 0.566. The number of nitrogens with one attached hydrogen (secondary N) is 1. The summed E-state index contributed by atoms with van der Waals surface area (Å²) < 4.78 is 1.99. The van der Waals surface area contributed by atoms with Gasteiger partial charge < -0.3 is 5.32 Å². The molecular formula is C12H23N3. The van der Waals surface area contributed by atoms with E-state index in [9.17, 15) is 0 Å². The second-order valence-corrected chi connectivity index (χ2v) is 4.32. The Morgan fingerprint density at radius 2 is 2.00 bits per heavy atom. The van der Waals surface area contributed by atoms with Crippen molar-refractivity contribution < 1.29 is 0 Å². The Morgan fingerprint density at radius 1 is 1.27 bits per heavy atom. The normalized spacial score (nSPS) is 15.1. The van der Waals surface area contributed by atoms with Gasteiger partial charge in [0.1, 0.15) is 0 Å². The number of rotatable bonds is 7. The van der Waals surface area contributed by atoms with Crippen LogP contribution in [-0.2, 0) is 6.54 Å². The summed E-state index contributed by atoms with van der Waals surface area (Å²) in [6, 6.07) is 3.16. The Kier molecular flexibility index (Phi) is 5.40. The van der Waals surface area contributed by atoms with Crippen LogP contribution in [0.4, 0.5) is 0 Å². The minimum Gasteiger partial charge on any atom is -0.312 e. The molecule has 0 radical (unpaired) electrons. The number of nitrogens with zero attached hydrogens (tertiary/aromatic N) is 2. The van der Waals surface area contributed by atoms with Crippen molar-refractivity contribution in [1.29, 1.82) is 0 Å². The van der Waals surface area contributed by atoms with Crippen molar-refractivity contribution in [2.75, 3.05) is 0 Å². The van der Waals surface area contributed by atoms with Gasteiger partial charge in [-0.2, -0.15) is 5.10 Å². The molecule has 1 aromatic heterocycles. The van der Waals surface area contributed by atoms with E-state index in [4.69, 9.17) is 0 Å². The van der Waals surface area contributed by atoms with Crippen molar-refractivity contribution in [3.63, 3.8) is 0 Å². The summed E-state index contributed by atoms with van der Waals surface area (Å²) in [6.07, 6.45) is 7.49. The zero-order valence-electron chi connectivity index (χ0n) is 10.1. The summed E-state index contributed by atoms with van der Waals surface area (Å²) in [6.45, 7) is 7.73. The minimum atomic E-state index is 0.566. The van der Waals surface area contributed by atoms with Crippen LogP contribution in [-0.4, -0.2) is 21.9 Å². The highest BCUT2D eigenvalue weighted by Gasteiger charge is 2.06. The molecule has 86 valence electrons. The fraction of sp³-hybridized carbons (Fsp3) is 0.750. The van der Waals surface area contributed by atoms with E-state index in [0.717, 1.165) is 13.0 Å². The molecule has 0 saturated heterocycles. The predicted molar refractivity (Wildman–Crippen MR) is 63.8 cm³/mol. The van der Waals surface area contributed by atoms with Crippen LogP contribution in [0.15, 0.2) is 18.5 Å². The quantitative estimate of drug-likeness (QED) is 0.747. The van der Waals surface area contributed by atoms with Gasteiger partial charge in [0.2, 0.25) is 0 Å². The molecular weight excluding hydrogens is 186 g/mol. The maximum Gasteiger partial charge on any atom is 0.0489 e. The highest BCUT2D eigenvalue weighted by atomic mass is 15.3. The van der Waals surface area contributed by atoms with Gasteiger partial charge >= 0.3 is 0 Å². The zero-order chi connectivity index (χ0) is 11.1. The van der Waals surface area contributed by atoms with Crippen LogP contribution in [0.25, 0.3) is 0 Å². The molecule has 0 amide bonds. The van der Waals surface area contributed by atoms with Crippen LogP contribution in [0.2, 0.25) is 0 Å². The molecule has 3 nitrogen and oxygen atoms in total. The number of aromatic nitrogens is 2. The second kappa shape index (κ2) is 6.62. The molecule has 15 heavy (non-hydrogen) atoms. The smallest absolute Gasteiger partial charge is 0.0489 e. The summed E-state index contributed by atoms with van der Waals surface area (Å²) in [5.41, 5.74) is 0. The summed E-state index contributed by atoms with van der Waals surface area (Å²) in [5, 5.41) is 7.79. The molecule has 1 aromatic rings. The summed E-state index contributed by atoms with van der Waals surface area (Å²) in [7, 11) is 0. The van der Waals surface area contributed by atoms with Crippen molar-refractivity contribution in [2.24, 2.45) is 0 Å². The first-order valence-electron chi connectivity index (χ1n) is 5.95. The number of hydrogen-bond donors (Lipinski definition) is 1. The van der Waals surface area contributed by atoms with Crippen LogP contribution >= 0.6 is 0 Å². The molecule has 0 bridgehead atoms. The Hall–Kier alpha value is -0.830. The Morgan fingerprint density at radius 3 is 2.60 bits per heavy atom. The molecule has 0 aliphatic rings. The first-order chi connectivity index (χ1) is 7.22. The van der Waals surface area contributed by atoms with Crippen LogP contribution in [0.3, 0.4) is 0 Å². The maximum absolute atomic E-state index is 4.19. The third kappa shape index (κ3) is 4.98. The molecule has 1 N–H and O–H groups in total. The van der Waals surface area contributed by atoms with Gasteiger partial charge in [0.05, 0.1) is 0 Å². The van der Waals surface area contributed by atoms with E-state index >= 15 is 0 Å². The molecule has 1 heterocycles. The van der Waals surface area contributed by atoms with Gasteiger partial charge in [0.25, 0.3) is 0 Å². The predicted octanol–water partition coefficient (Wildman–Crippen LogP) is 2.44. The Bertz CT molecular complexity index is 243. The molecule has 3 heteroatoms. The number of hydrogen-bond acceptors (Lipinski definition) is 2. The first-order valence-corrected chi connectivity index (χ1v) is 5.95. The molecule has 0 aliphatic heterocycles. The van der Waals surface area contributed by atoms with Gasteiger partial charge in [-0.1, -0.05) is 13.3 Å². The highest BCUT2D eigenvalue weighted by Crippen LogP contribution is 2.00. The standard InChI is InChI=1S/C12H23N3/c1-4-6-11(2)14-12(3)7-10-15-9-5-8-13-15/h5,8-9,11-12,14H,4,6-7,10H2,1-3H3. The van der Waals surface area contributed by atoms with Crippen molar-refractivity contribution >= 4 is 0 Å². The Balaban J connectivity index is 2.15. The van der Waals surface area contributed by atoms with Gasteiger partial charge in [-0.25, -0.2) is 0 Å². The average molecular weight is 209 g/mol. The molecule has 0 aromatic carbocycles. The lowest BCUT2D eigenvalue weighted by Crippen LogP contribution is -2.35. The lowest BCUT2D eigenvalue weighted by molar-refractivity contribution is 0.401. The fourth-order valence-electron chi connectivity index (χ4n) is 1.84. The van der Waals surface area contributed by atoms with E-state index in [1.54, 1.807) is 0 Å². The van der Waals surface area contributed by atoms with Crippen LogP contribution < -0.4 is 5.32 Å². The molecule has 2 atom stereocenters. The average Bonchev–Trinajstić information content (AvgIpc) is 2.67. The zero-order valence-corrected chi connectivity index (χ0v) is 10.1. The largest absolute Gasteiger partial charge is 0.312 e. The Labute approximate surface area is 92.9 Å². The van der Waals surface area contributed by atoms with Crippen LogP contribution in [0.5, 0.6) is 0 Å². The van der Waals surface area contributed by atoms with E-state index in [-0.39, 0.29) is 0 Å². The third-order valence-electron chi connectivity index (χ3n) is 2.64. The maximum atomic E-state index is 4.19. The molecule has 0 saturated carbocycles. The van der Waals surface area contributed by atoms with E-state index < -0.39 is 0 Å². The van der Waals surface area contributed by atoms with Gasteiger partial charge in [0.15, 0.2) is 0 Å². The molecule has 0 fully saturated rings. The summed E-state index contributed by atoms with van der Waals surface area (Å²) in [5.74, 6) is 0. The highest BCUT2D eigenvalue weighted by molar-refractivity contribution is 4.78. The van der Waals surface area contributed by atoms with Gasteiger partial charge in [-0.3, -0.25) is 4.68 Å². The molecule has 2 unspecified atom stereocenters. The van der Waals surface area contributed by atoms with Gasteiger partial charge in [-0.15, -0.1) is 0 Å². The summed E-state index contributed by atoms with van der Waals surface area (Å²) >= 11 is 0. The van der Waals surface area contributed by atoms with Gasteiger partial charge in [0, 0.05) is 31.0 Å². The first kappa shape index (κ1) is 12.2. The van der Waals surface area contributed by atoms with E-state index in [1.165, 1.54) is 12.8 Å². The van der Waals surface area contributed by atoms with Gasteiger partial charge in [-0.05, 0) is 32.8 Å². The molecule has 0 aliphatic carbocycles. The van der Waals surface area contributed by atoms with E-state index in [1.807, 2.05) is 23.1 Å². The van der Waals surface area contributed by atoms with Crippen molar-refractivity contribution in [2.45, 2.75) is 58.7 Å². The van der Waals surface area contributed by atoms with Crippen LogP contribution in [0, 0.1) is 0 Å². The topological polar surface area (TPSA) is 29.9 Å².